The zero-order valence-electron chi connectivity index (χ0n) is 16.5. The standard InChI is InChI=1S/C23H21N5O2/c1-14-13-28(19-4-2-3-5-20(19)29)22(30)18-12-25-23(27-21(14)18)26-17-7-6-15-8-9-24-11-16(15)10-17/h2-7,10,12-13,24,29H,8-9,11H2,1H3,(H,25,26,27). The quantitative estimate of drug-likeness (QED) is 0.490. The van der Waals surface area contributed by atoms with Gasteiger partial charge in [-0.2, -0.15) is 0 Å². The van der Waals surface area contributed by atoms with Crippen molar-refractivity contribution in [3.05, 3.63) is 81.9 Å². The van der Waals surface area contributed by atoms with Gasteiger partial charge in [0.25, 0.3) is 5.56 Å². The second-order valence-electron chi connectivity index (χ2n) is 7.47. The molecule has 3 N–H and O–H groups in total. The highest BCUT2D eigenvalue weighted by atomic mass is 16.3. The predicted molar refractivity (Wildman–Crippen MR) is 117 cm³/mol. The van der Waals surface area contributed by atoms with E-state index in [4.69, 9.17) is 0 Å². The number of pyridine rings is 1. The molecule has 0 atom stereocenters. The number of phenols is 1. The van der Waals surface area contributed by atoms with Gasteiger partial charge >= 0.3 is 0 Å². The van der Waals surface area contributed by atoms with Crippen LogP contribution in [0.4, 0.5) is 11.6 Å². The monoisotopic (exact) mass is 399 g/mol. The fraction of sp³-hybridized carbons (Fsp3) is 0.174. The third-order valence-corrected chi connectivity index (χ3v) is 5.42. The van der Waals surface area contributed by atoms with Gasteiger partial charge in [0.1, 0.15) is 5.75 Å². The van der Waals surface area contributed by atoms with Gasteiger partial charge in [0.2, 0.25) is 5.95 Å². The van der Waals surface area contributed by atoms with Gasteiger partial charge < -0.3 is 15.7 Å². The number of aromatic hydroxyl groups is 1. The Morgan fingerprint density at radius 2 is 2.03 bits per heavy atom. The van der Waals surface area contributed by atoms with E-state index in [9.17, 15) is 9.90 Å². The number of benzene rings is 2. The maximum atomic E-state index is 13.0. The Labute approximate surface area is 173 Å². The summed E-state index contributed by atoms with van der Waals surface area (Å²) in [5, 5.41) is 17.2. The summed E-state index contributed by atoms with van der Waals surface area (Å²) in [5.74, 6) is 0.480. The van der Waals surface area contributed by atoms with Crippen molar-refractivity contribution < 1.29 is 5.11 Å². The van der Waals surface area contributed by atoms with E-state index in [1.165, 1.54) is 21.9 Å². The number of nitrogens with zero attached hydrogens (tertiary/aromatic N) is 3. The van der Waals surface area contributed by atoms with Crippen molar-refractivity contribution in [3.8, 4) is 11.4 Å². The lowest BCUT2D eigenvalue weighted by Crippen LogP contribution is -2.23. The van der Waals surface area contributed by atoms with Crippen LogP contribution in [-0.2, 0) is 13.0 Å². The van der Waals surface area contributed by atoms with Gasteiger partial charge in [-0.1, -0.05) is 18.2 Å². The molecule has 0 radical (unpaired) electrons. The highest BCUT2D eigenvalue weighted by Gasteiger charge is 2.14. The Morgan fingerprint density at radius 1 is 1.17 bits per heavy atom. The number of para-hydroxylation sites is 2. The summed E-state index contributed by atoms with van der Waals surface area (Å²) in [6.07, 6.45) is 4.27. The molecular formula is C23H21N5O2. The average Bonchev–Trinajstić information content (AvgIpc) is 2.77. The SMILES string of the molecule is Cc1cn(-c2ccccc2O)c(=O)c2cnc(Nc3ccc4c(c3)CNCC4)nc12. The number of fused-ring (bicyclic) bond motifs is 2. The number of phenolic OH excluding ortho intramolecular Hbond substituents is 1. The normalized spacial score (nSPS) is 13.2. The van der Waals surface area contributed by atoms with Crippen molar-refractivity contribution in [3.63, 3.8) is 0 Å². The molecule has 0 fully saturated rings. The first-order chi connectivity index (χ1) is 14.6. The summed E-state index contributed by atoms with van der Waals surface area (Å²) >= 11 is 0. The summed E-state index contributed by atoms with van der Waals surface area (Å²) in [6, 6.07) is 13.0. The largest absolute Gasteiger partial charge is 0.506 e. The Balaban J connectivity index is 1.54. The van der Waals surface area contributed by atoms with Gasteiger partial charge in [-0.05, 0) is 60.8 Å². The number of nitrogens with one attached hydrogen (secondary N) is 2. The molecule has 0 spiro atoms. The first kappa shape index (κ1) is 18.3. The molecule has 2 aromatic carbocycles. The number of hydrogen-bond donors (Lipinski definition) is 3. The van der Waals surface area contributed by atoms with Gasteiger partial charge in [-0.25, -0.2) is 9.97 Å². The maximum Gasteiger partial charge on any atom is 0.266 e. The molecule has 0 amide bonds. The Hall–Kier alpha value is -3.71. The molecule has 7 nitrogen and oxygen atoms in total. The topological polar surface area (TPSA) is 92.1 Å². The zero-order valence-corrected chi connectivity index (χ0v) is 16.5. The third-order valence-electron chi connectivity index (χ3n) is 5.42. The first-order valence-electron chi connectivity index (χ1n) is 9.87. The van der Waals surface area contributed by atoms with Gasteiger partial charge in [0.15, 0.2) is 0 Å². The van der Waals surface area contributed by atoms with Crippen molar-refractivity contribution in [2.45, 2.75) is 19.9 Å². The molecule has 30 heavy (non-hydrogen) atoms. The Kier molecular flexibility index (Phi) is 4.44. The van der Waals surface area contributed by atoms with Crippen molar-refractivity contribution in [2.24, 2.45) is 0 Å². The van der Waals surface area contributed by atoms with Gasteiger partial charge in [0, 0.05) is 24.6 Å². The molecule has 2 aromatic heterocycles. The summed E-state index contributed by atoms with van der Waals surface area (Å²) in [5.41, 5.74) is 5.10. The Bertz CT molecular complexity index is 1330. The van der Waals surface area contributed by atoms with Crippen molar-refractivity contribution in [2.75, 3.05) is 11.9 Å². The Morgan fingerprint density at radius 3 is 2.90 bits per heavy atom. The lowest BCUT2D eigenvalue weighted by atomic mass is 10.0. The molecule has 5 rings (SSSR count). The van der Waals surface area contributed by atoms with Crippen LogP contribution in [0.25, 0.3) is 16.6 Å². The van der Waals surface area contributed by atoms with E-state index >= 15 is 0 Å². The molecule has 1 aliphatic heterocycles. The van der Waals surface area contributed by atoms with Gasteiger partial charge in [-0.15, -0.1) is 0 Å². The summed E-state index contributed by atoms with van der Waals surface area (Å²) in [6.45, 7) is 3.75. The second-order valence-corrected chi connectivity index (χ2v) is 7.47. The van der Waals surface area contributed by atoms with Gasteiger partial charge in [0.05, 0.1) is 16.6 Å². The lowest BCUT2D eigenvalue weighted by Gasteiger charge is -2.18. The van der Waals surface area contributed by atoms with Crippen molar-refractivity contribution in [1.29, 1.82) is 0 Å². The van der Waals surface area contributed by atoms with Crippen LogP contribution in [0.15, 0.2) is 59.7 Å². The van der Waals surface area contributed by atoms with Gasteiger partial charge in [-0.3, -0.25) is 9.36 Å². The van der Waals surface area contributed by atoms with Crippen LogP contribution in [0, 0.1) is 6.92 Å². The van der Waals surface area contributed by atoms with Crippen LogP contribution >= 0.6 is 0 Å². The molecule has 150 valence electrons. The fourth-order valence-corrected chi connectivity index (χ4v) is 3.88. The minimum atomic E-state index is -0.275. The highest BCUT2D eigenvalue weighted by molar-refractivity contribution is 5.81. The summed E-state index contributed by atoms with van der Waals surface area (Å²) < 4.78 is 1.43. The minimum Gasteiger partial charge on any atom is -0.506 e. The van der Waals surface area contributed by atoms with Crippen LogP contribution in [0.5, 0.6) is 5.75 Å². The van der Waals surface area contributed by atoms with Crippen LogP contribution in [0.2, 0.25) is 0 Å². The number of aryl methyl sites for hydroxylation is 1. The van der Waals surface area contributed by atoms with Crippen LogP contribution in [0.1, 0.15) is 16.7 Å². The van der Waals surface area contributed by atoms with E-state index in [1.54, 1.807) is 30.5 Å². The summed E-state index contributed by atoms with van der Waals surface area (Å²) in [4.78, 5) is 22.0. The molecular weight excluding hydrogens is 378 g/mol. The average molecular weight is 399 g/mol. The fourth-order valence-electron chi connectivity index (χ4n) is 3.88. The van der Waals surface area contributed by atoms with E-state index in [0.29, 0.717) is 22.5 Å². The number of anilines is 2. The first-order valence-corrected chi connectivity index (χ1v) is 9.87. The molecule has 0 saturated heterocycles. The summed E-state index contributed by atoms with van der Waals surface area (Å²) in [7, 11) is 0. The van der Waals surface area contributed by atoms with E-state index in [0.717, 1.165) is 30.8 Å². The molecule has 0 aliphatic carbocycles. The number of hydrogen-bond acceptors (Lipinski definition) is 6. The van der Waals surface area contributed by atoms with Crippen molar-refractivity contribution in [1.82, 2.24) is 19.9 Å². The van der Waals surface area contributed by atoms with E-state index in [-0.39, 0.29) is 11.3 Å². The van der Waals surface area contributed by atoms with Crippen LogP contribution in [-0.4, -0.2) is 26.2 Å². The van der Waals surface area contributed by atoms with Crippen LogP contribution in [0.3, 0.4) is 0 Å². The van der Waals surface area contributed by atoms with E-state index in [1.807, 2.05) is 13.0 Å². The molecule has 7 heteroatoms. The molecule has 3 heterocycles. The maximum absolute atomic E-state index is 13.0. The smallest absolute Gasteiger partial charge is 0.266 e. The number of aromatic nitrogens is 3. The third kappa shape index (κ3) is 3.19. The lowest BCUT2D eigenvalue weighted by molar-refractivity contribution is 0.472. The van der Waals surface area contributed by atoms with Crippen molar-refractivity contribution >= 4 is 22.5 Å². The predicted octanol–water partition coefficient (Wildman–Crippen LogP) is 3.18. The van der Waals surface area contributed by atoms with Crippen LogP contribution < -0.4 is 16.2 Å². The molecule has 0 saturated carbocycles. The molecule has 0 bridgehead atoms. The molecule has 0 unspecified atom stereocenters. The zero-order chi connectivity index (χ0) is 20.7. The second kappa shape index (κ2) is 7.27. The molecule has 1 aliphatic rings. The highest BCUT2D eigenvalue weighted by Crippen LogP contribution is 2.24. The minimum absolute atomic E-state index is 0.0412. The molecule has 4 aromatic rings. The van der Waals surface area contributed by atoms with E-state index < -0.39 is 0 Å². The number of rotatable bonds is 3. The van der Waals surface area contributed by atoms with E-state index in [2.05, 4.69) is 32.7 Å².